The van der Waals surface area contributed by atoms with Crippen molar-refractivity contribution in [1.82, 2.24) is 0 Å². The monoisotopic (exact) mass is 314 g/mol. The Kier molecular flexibility index (Phi) is 60.3. The molecule has 0 aliphatic rings. The molecule has 4 heteroatoms. The normalized spacial score (nSPS) is 2.75. The van der Waals surface area contributed by atoms with E-state index in [0.717, 1.165) is 18.9 Å². The Bertz CT molecular complexity index is 8.00. The molecule has 0 heterocycles. The average molecular weight is 313 g/mol. The van der Waals surface area contributed by atoms with Gasteiger partial charge in [-0.2, -0.15) is 0 Å². The third-order valence-electron chi connectivity index (χ3n) is 0. The first-order valence-electron chi connectivity index (χ1n) is 0.372. The van der Waals surface area contributed by atoms with Crippen LogP contribution in [0, 0.1) is 0 Å². The summed E-state index contributed by atoms with van der Waals surface area (Å²) in [5, 5.41) is 0. The summed E-state index contributed by atoms with van der Waals surface area (Å²) in [6, 6.07) is 0. The Balaban J connectivity index is 0. The summed E-state index contributed by atoms with van der Waals surface area (Å²) >= 11 is 0.850. The van der Waals surface area contributed by atoms with Crippen LogP contribution < -0.4 is 0 Å². The Morgan fingerprint density at radius 1 is 1.25 bits per heavy atom. The second-order valence-corrected chi connectivity index (χ2v) is 0. The van der Waals surface area contributed by atoms with Gasteiger partial charge in [-0.05, 0) is 0 Å². The molecular weight excluding hydrogens is 313 g/mol. The maximum atomic E-state index is 8.38. The van der Waals surface area contributed by atoms with Crippen molar-refractivity contribution < 1.29 is 55.4 Å². The zero-order valence-corrected chi connectivity index (χ0v) is 6.96. The van der Waals surface area contributed by atoms with Crippen LogP contribution in [0.15, 0.2) is 0 Å². The molecule has 24 valence electrons. The molecule has 4 heavy (non-hydrogen) atoms. The third kappa shape index (κ3) is 10.1. The Hall–Kier alpha value is 1.35. The van der Waals surface area contributed by atoms with Crippen LogP contribution in [0.4, 0.5) is 0 Å². The van der Waals surface area contributed by atoms with Crippen LogP contribution in [0.3, 0.4) is 0 Å². The predicted octanol–water partition coefficient (Wildman–Crippen LogP) is -0.243. The van der Waals surface area contributed by atoms with E-state index < -0.39 is 0 Å². The molecule has 0 saturated carbocycles. The van der Waals surface area contributed by atoms with Crippen molar-refractivity contribution in [3.05, 3.63) is 0 Å². The predicted molar refractivity (Wildman–Crippen MR) is 1.37 cm³/mol. The summed E-state index contributed by atoms with van der Waals surface area (Å²) in [4.78, 5) is 0. The first-order chi connectivity index (χ1) is 2.00. The molecule has 0 aliphatic carbocycles. The molecule has 0 amide bonds. The summed E-state index contributed by atoms with van der Waals surface area (Å²) in [6.07, 6.45) is 0. The summed E-state index contributed by atoms with van der Waals surface area (Å²) in [5.41, 5.74) is 0. The van der Waals surface area contributed by atoms with Crippen LogP contribution in [0.2, 0.25) is 0 Å². The van der Waals surface area contributed by atoms with Crippen LogP contribution in [0.5, 0.6) is 0 Å². The molecule has 0 spiro atoms. The molecular formula is IrO2Y. The molecule has 0 aliphatic heterocycles. The summed E-state index contributed by atoms with van der Waals surface area (Å²) in [7, 11) is 0. The third-order valence-corrected chi connectivity index (χ3v) is 0. The van der Waals surface area contributed by atoms with Crippen LogP contribution in [0.1, 0.15) is 0 Å². The Labute approximate surface area is 54.8 Å². The van der Waals surface area contributed by atoms with Gasteiger partial charge in [-0.3, -0.25) is 0 Å². The van der Waals surface area contributed by atoms with Gasteiger partial charge < -0.3 is 0 Å². The van der Waals surface area contributed by atoms with Gasteiger partial charge in [-0.1, -0.05) is 0 Å². The zero-order chi connectivity index (χ0) is 4.00. The van der Waals surface area contributed by atoms with E-state index in [4.69, 9.17) is 5.55 Å². The number of hydrogen-bond acceptors (Lipinski definition) is 2. The van der Waals surface area contributed by atoms with Gasteiger partial charge in [0, 0.05) is 0 Å². The minimum absolute atomic E-state index is 0.100. The van der Waals surface area contributed by atoms with Gasteiger partial charge in [0.25, 0.3) is 0 Å². The van der Waals surface area contributed by atoms with E-state index in [-0.39, 0.29) is 31.0 Å². The van der Waals surface area contributed by atoms with Crippen LogP contribution in [-0.4, -0.2) is 0 Å². The van der Waals surface area contributed by atoms with Crippen LogP contribution in [-0.2, 0) is 55.4 Å². The van der Waals surface area contributed by atoms with Gasteiger partial charge in [0.15, 0.2) is 0 Å². The molecule has 0 saturated heterocycles. The van der Waals surface area contributed by atoms with E-state index >= 15 is 0 Å². The van der Waals surface area contributed by atoms with E-state index in [9.17, 15) is 0 Å². The van der Waals surface area contributed by atoms with Crippen molar-refractivity contribution in [2.75, 3.05) is 0 Å². The summed E-state index contributed by atoms with van der Waals surface area (Å²) < 4.78 is 16.6. The molecule has 0 atom stereocenters. The molecule has 0 aromatic heterocycles. The van der Waals surface area contributed by atoms with E-state index in [1.165, 1.54) is 0 Å². The van der Waals surface area contributed by atoms with Crippen molar-refractivity contribution in [3.63, 3.8) is 0 Å². The van der Waals surface area contributed by atoms with Crippen LogP contribution >= 0.6 is 0 Å². The fraction of sp³-hybridized carbons (Fsp3) is 0. The topological polar surface area (TPSA) is 34.1 Å². The van der Waals surface area contributed by atoms with E-state index in [0.29, 0.717) is 0 Å². The van der Waals surface area contributed by atoms with Gasteiger partial charge in [0.2, 0.25) is 0 Å². The quantitative estimate of drug-likeness (QED) is 0.618. The molecule has 0 rings (SSSR count). The van der Waals surface area contributed by atoms with Gasteiger partial charge in [0.1, 0.15) is 0 Å². The average Bonchev–Trinajstić information content (AvgIpc) is 1.50. The summed E-state index contributed by atoms with van der Waals surface area (Å²) in [5.74, 6) is 0. The van der Waals surface area contributed by atoms with Crippen molar-refractivity contribution in [2.24, 2.45) is 0 Å². The second kappa shape index (κ2) is 26.7. The molecule has 0 aromatic carbocycles. The molecule has 0 fully saturated rings. The first kappa shape index (κ1) is 9.02. The first-order valence-corrected chi connectivity index (χ1v) is 2.51. The fourth-order valence-electron chi connectivity index (χ4n) is 0. The zero-order valence-electron chi connectivity index (χ0n) is 1.73. The molecule has 2 nitrogen and oxygen atoms in total. The molecule has 0 N–H and O–H groups in total. The van der Waals surface area contributed by atoms with E-state index in [1.54, 1.807) is 0 Å². The molecule has 0 unspecified atom stereocenters. The van der Waals surface area contributed by atoms with E-state index in [2.05, 4.69) is 0 Å². The summed E-state index contributed by atoms with van der Waals surface area (Å²) in [6.45, 7) is 0. The SMILES string of the molecule is [O]=[Ir].[O]=[Y]. The van der Waals surface area contributed by atoms with Gasteiger partial charge in [0.05, 0.1) is 0 Å². The Morgan fingerprint density at radius 3 is 1.25 bits per heavy atom. The van der Waals surface area contributed by atoms with Gasteiger partial charge in [-0.25, -0.2) is 0 Å². The minimum atomic E-state index is 0.100. The van der Waals surface area contributed by atoms with Gasteiger partial charge in [-0.15, -0.1) is 0 Å². The second-order valence-electron chi connectivity index (χ2n) is 0. The number of hydrogen-bond donors (Lipinski definition) is 0. The maximum absolute atomic E-state index is 8.38. The fourth-order valence-corrected chi connectivity index (χ4v) is 0. The van der Waals surface area contributed by atoms with Crippen molar-refractivity contribution in [2.45, 2.75) is 0 Å². The van der Waals surface area contributed by atoms with Crippen molar-refractivity contribution in [1.29, 1.82) is 0 Å². The molecule has 0 radical (unpaired) electrons. The number of rotatable bonds is 0. The van der Waals surface area contributed by atoms with Crippen molar-refractivity contribution >= 4 is 0 Å². The van der Waals surface area contributed by atoms with Gasteiger partial charge >= 0.3 is 55.4 Å². The Morgan fingerprint density at radius 2 is 1.25 bits per heavy atom. The van der Waals surface area contributed by atoms with Crippen molar-refractivity contribution in [3.8, 4) is 0 Å². The van der Waals surface area contributed by atoms with E-state index in [1.807, 2.05) is 0 Å². The molecule has 0 bridgehead atoms. The van der Waals surface area contributed by atoms with Crippen LogP contribution in [0.25, 0.3) is 0 Å². The standard InChI is InChI=1S/Ir.2O.Y. The molecule has 0 aromatic rings.